The van der Waals surface area contributed by atoms with Gasteiger partial charge in [0.1, 0.15) is 10.4 Å². The lowest BCUT2D eigenvalue weighted by Gasteiger charge is -2.18. The number of thioether (sulfide) groups is 1. The van der Waals surface area contributed by atoms with Gasteiger partial charge in [0.05, 0.1) is 16.2 Å². The number of carbonyl (C=O) groups is 4. The molecule has 1 aromatic rings. The van der Waals surface area contributed by atoms with Crippen LogP contribution in [-0.2, 0) is 19.2 Å². The van der Waals surface area contributed by atoms with Crippen molar-refractivity contribution in [1.29, 1.82) is 0 Å². The Morgan fingerprint density at radius 2 is 1.84 bits per heavy atom. The Labute approximate surface area is 152 Å². The third kappa shape index (κ3) is 2.56. The lowest BCUT2D eigenvalue weighted by Crippen LogP contribution is -2.41. The molecule has 3 rings (SSSR count). The molecule has 0 saturated carbocycles. The number of para-hydroxylation sites is 1. The number of amides is 3. The van der Waals surface area contributed by atoms with E-state index in [1.807, 2.05) is 0 Å². The van der Waals surface area contributed by atoms with Gasteiger partial charge in [-0.1, -0.05) is 42.2 Å². The molecule has 0 aromatic heterocycles. The van der Waals surface area contributed by atoms with E-state index in [2.05, 4.69) is 0 Å². The highest BCUT2D eigenvalue weighted by molar-refractivity contribution is 8.26. The van der Waals surface area contributed by atoms with E-state index in [1.165, 1.54) is 13.8 Å². The minimum absolute atomic E-state index is 0.0410. The number of carboxylic acid groups (broad SMARTS) is 1. The highest BCUT2D eigenvalue weighted by Gasteiger charge is 2.45. The summed E-state index contributed by atoms with van der Waals surface area (Å²) in [7, 11) is 0. The molecule has 0 unspecified atom stereocenters. The Hall–Kier alpha value is -2.52. The average Bonchev–Trinajstić information content (AvgIpc) is 2.99. The second kappa shape index (κ2) is 6.08. The second-order valence-corrected chi connectivity index (χ2v) is 7.08. The summed E-state index contributed by atoms with van der Waals surface area (Å²) in [4.78, 5) is 50.6. The molecule has 25 heavy (non-hydrogen) atoms. The van der Waals surface area contributed by atoms with E-state index in [9.17, 15) is 19.2 Å². The van der Waals surface area contributed by atoms with E-state index >= 15 is 0 Å². The van der Waals surface area contributed by atoms with Crippen molar-refractivity contribution < 1.29 is 24.3 Å². The molecule has 2 heterocycles. The molecule has 0 spiro atoms. The van der Waals surface area contributed by atoms with Crippen molar-refractivity contribution in [1.82, 2.24) is 4.90 Å². The number of aliphatic carboxylic acids is 1. The van der Waals surface area contributed by atoms with Crippen LogP contribution >= 0.6 is 24.0 Å². The molecule has 0 radical (unpaired) electrons. The van der Waals surface area contributed by atoms with Crippen LogP contribution in [0, 0.1) is 0 Å². The summed E-state index contributed by atoms with van der Waals surface area (Å²) in [6.07, 6.45) is 0. The Kier molecular flexibility index (Phi) is 4.21. The van der Waals surface area contributed by atoms with Crippen LogP contribution < -0.4 is 4.90 Å². The van der Waals surface area contributed by atoms with Crippen molar-refractivity contribution in [2.24, 2.45) is 0 Å². The van der Waals surface area contributed by atoms with E-state index in [1.54, 1.807) is 24.3 Å². The highest BCUT2D eigenvalue weighted by Crippen LogP contribution is 2.44. The molecular formula is C16H12N2O5S2. The summed E-state index contributed by atoms with van der Waals surface area (Å²) in [5.74, 6) is -2.93. The Morgan fingerprint density at radius 1 is 1.20 bits per heavy atom. The number of imide groups is 1. The largest absolute Gasteiger partial charge is 0.480 e. The Morgan fingerprint density at radius 3 is 2.44 bits per heavy atom. The van der Waals surface area contributed by atoms with Gasteiger partial charge in [-0.2, -0.15) is 0 Å². The number of hydrogen-bond donors (Lipinski definition) is 1. The van der Waals surface area contributed by atoms with Gasteiger partial charge in [0.25, 0.3) is 11.8 Å². The predicted molar refractivity (Wildman–Crippen MR) is 95.7 cm³/mol. The van der Waals surface area contributed by atoms with E-state index in [4.69, 9.17) is 17.3 Å². The average molecular weight is 376 g/mol. The molecule has 128 valence electrons. The number of carbonyl (C=O) groups excluding carboxylic acids is 3. The Balaban J connectivity index is 2.17. The quantitative estimate of drug-likeness (QED) is 0.619. The molecule has 1 aromatic carbocycles. The third-order valence-corrected chi connectivity index (χ3v) is 5.32. The molecule has 9 heteroatoms. The van der Waals surface area contributed by atoms with Gasteiger partial charge in [0.2, 0.25) is 5.91 Å². The number of thiocarbonyl (C=S) groups is 1. The maximum absolute atomic E-state index is 12.8. The van der Waals surface area contributed by atoms with Gasteiger partial charge in [0.15, 0.2) is 0 Å². The first-order valence-corrected chi connectivity index (χ1v) is 8.45. The number of benzene rings is 1. The van der Waals surface area contributed by atoms with Crippen LogP contribution in [0.3, 0.4) is 0 Å². The van der Waals surface area contributed by atoms with E-state index in [0.717, 1.165) is 21.6 Å². The van der Waals surface area contributed by atoms with Crippen LogP contribution in [0.25, 0.3) is 5.57 Å². The summed E-state index contributed by atoms with van der Waals surface area (Å²) in [5, 5.41) is 9.16. The monoisotopic (exact) mass is 376 g/mol. The highest BCUT2D eigenvalue weighted by atomic mass is 32.2. The number of fused-ring (bicyclic) bond motifs is 1. The first-order valence-electron chi connectivity index (χ1n) is 7.22. The molecule has 1 saturated heterocycles. The zero-order valence-electron chi connectivity index (χ0n) is 13.2. The molecule has 1 fully saturated rings. The molecule has 1 atom stereocenters. The van der Waals surface area contributed by atoms with E-state index < -0.39 is 29.7 Å². The van der Waals surface area contributed by atoms with Crippen LogP contribution in [-0.4, -0.2) is 44.1 Å². The number of hydrogen-bond acceptors (Lipinski definition) is 6. The summed E-state index contributed by atoms with van der Waals surface area (Å²) in [6.45, 7) is 2.60. The summed E-state index contributed by atoms with van der Waals surface area (Å²) < 4.78 is 0.0638. The van der Waals surface area contributed by atoms with E-state index in [0.29, 0.717) is 11.3 Å². The van der Waals surface area contributed by atoms with Gasteiger partial charge < -0.3 is 5.11 Å². The smallest absolute Gasteiger partial charge is 0.326 e. The zero-order chi connectivity index (χ0) is 18.5. The van der Waals surface area contributed by atoms with Gasteiger partial charge >= 0.3 is 5.97 Å². The zero-order valence-corrected chi connectivity index (χ0v) is 14.8. The molecule has 0 aliphatic carbocycles. The number of carboxylic acids is 1. The summed E-state index contributed by atoms with van der Waals surface area (Å²) >= 11 is 5.99. The lowest BCUT2D eigenvalue weighted by molar-refractivity contribution is -0.144. The standard InChI is InChI=1S/C16H12N2O5S2/c1-7(15(22)23)17-14(21)12(25-16(17)24)11-9-5-3-4-6-10(9)18(8(2)19)13(11)20/h3-7H,1-2H3,(H,22,23)/b12-11+/t7-/m0/s1. The normalized spacial score (nSPS) is 21.0. The molecule has 1 N–H and O–H groups in total. The SMILES string of the molecule is CC(=O)N1C(=O)/C(=C2/SC(=S)N([C@@H](C)C(=O)O)C2=O)c2ccccc21. The number of nitrogens with zero attached hydrogens (tertiary/aromatic N) is 2. The lowest BCUT2D eigenvalue weighted by atomic mass is 10.1. The molecule has 2 aliphatic heterocycles. The van der Waals surface area contributed by atoms with Crippen molar-refractivity contribution in [2.45, 2.75) is 19.9 Å². The van der Waals surface area contributed by atoms with Crippen LogP contribution in [0.15, 0.2) is 29.2 Å². The summed E-state index contributed by atoms with van der Waals surface area (Å²) in [6, 6.07) is 5.47. The maximum Gasteiger partial charge on any atom is 0.326 e. The topological polar surface area (TPSA) is 95.0 Å². The molecular weight excluding hydrogens is 364 g/mol. The van der Waals surface area contributed by atoms with Crippen molar-refractivity contribution in [2.75, 3.05) is 4.90 Å². The molecule has 7 nitrogen and oxygen atoms in total. The van der Waals surface area contributed by atoms with Crippen molar-refractivity contribution in [3.8, 4) is 0 Å². The van der Waals surface area contributed by atoms with Gasteiger partial charge in [0, 0.05) is 12.5 Å². The fraction of sp³-hybridized carbons (Fsp3) is 0.188. The fourth-order valence-electron chi connectivity index (χ4n) is 2.72. The van der Waals surface area contributed by atoms with Crippen LogP contribution in [0.2, 0.25) is 0 Å². The van der Waals surface area contributed by atoms with Gasteiger partial charge in [-0.3, -0.25) is 19.3 Å². The van der Waals surface area contributed by atoms with Crippen LogP contribution in [0.5, 0.6) is 0 Å². The predicted octanol–water partition coefficient (Wildman–Crippen LogP) is 1.62. The minimum Gasteiger partial charge on any atom is -0.480 e. The first kappa shape index (κ1) is 17.3. The minimum atomic E-state index is -1.20. The molecule has 0 bridgehead atoms. The number of rotatable bonds is 2. The van der Waals surface area contributed by atoms with E-state index in [-0.39, 0.29) is 14.8 Å². The maximum atomic E-state index is 12.8. The van der Waals surface area contributed by atoms with Crippen LogP contribution in [0.4, 0.5) is 5.69 Å². The van der Waals surface area contributed by atoms with Gasteiger partial charge in [-0.25, -0.2) is 9.69 Å². The second-order valence-electron chi connectivity index (χ2n) is 5.44. The summed E-state index contributed by atoms with van der Waals surface area (Å²) in [5.41, 5.74) is 0.918. The van der Waals surface area contributed by atoms with Crippen molar-refractivity contribution >= 4 is 63.3 Å². The fourth-order valence-corrected chi connectivity index (χ4v) is 4.21. The van der Waals surface area contributed by atoms with Crippen LogP contribution in [0.1, 0.15) is 19.4 Å². The Bertz CT molecular complexity index is 892. The van der Waals surface area contributed by atoms with Gasteiger partial charge in [-0.05, 0) is 13.0 Å². The van der Waals surface area contributed by atoms with Crippen molar-refractivity contribution in [3.05, 3.63) is 34.7 Å². The first-order chi connectivity index (χ1) is 11.8. The molecule has 2 aliphatic rings. The van der Waals surface area contributed by atoms with Crippen molar-refractivity contribution in [3.63, 3.8) is 0 Å². The number of anilines is 1. The van der Waals surface area contributed by atoms with Gasteiger partial charge in [-0.15, -0.1) is 0 Å². The third-order valence-electron chi connectivity index (χ3n) is 3.92. The molecule has 3 amide bonds.